The van der Waals surface area contributed by atoms with Crippen molar-refractivity contribution in [3.05, 3.63) is 93.9 Å². The summed E-state index contributed by atoms with van der Waals surface area (Å²) in [5, 5.41) is 15.7. The smallest absolute Gasteiger partial charge is 0.269 e. The number of hydrogen-bond donors (Lipinski definition) is 1. The van der Waals surface area contributed by atoms with Gasteiger partial charge in [-0.05, 0) is 42.3 Å². The van der Waals surface area contributed by atoms with Crippen LogP contribution in [0.2, 0.25) is 0 Å². The minimum absolute atomic E-state index is 0.0568. The van der Waals surface area contributed by atoms with Crippen LogP contribution >= 0.6 is 23.1 Å². The van der Waals surface area contributed by atoms with Crippen molar-refractivity contribution in [2.24, 2.45) is 0 Å². The number of nitrogens with zero attached hydrogens (tertiary/aromatic N) is 2. The van der Waals surface area contributed by atoms with E-state index in [1.165, 1.54) is 40.8 Å². The average molecular weight is 462 g/mol. The highest BCUT2D eigenvalue weighted by atomic mass is 32.2. The molecule has 3 aromatic carbocycles. The highest BCUT2D eigenvalue weighted by Gasteiger charge is 2.09. The van der Waals surface area contributed by atoms with E-state index >= 15 is 0 Å². The number of nitrogens with one attached hydrogen (secondary N) is 1. The van der Waals surface area contributed by atoms with Gasteiger partial charge in [0.2, 0.25) is 5.91 Å². The summed E-state index contributed by atoms with van der Waals surface area (Å²) < 4.78 is 0.851. The molecule has 160 valence electrons. The third-order valence-corrected chi connectivity index (χ3v) is 6.76. The van der Waals surface area contributed by atoms with Crippen molar-refractivity contribution in [1.82, 2.24) is 4.98 Å². The summed E-state index contributed by atoms with van der Waals surface area (Å²) in [5.74, 6) is 0.162. The van der Waals surface area contributed by atoms with Gasteiger partial charge < -0.3 is 5.32 Å². The van der Waals surface area contributed by atoms with Crippen LogP contribution < -0.4 is 5.32 Å². The van der Waals surface area contributed by atoms with Crippen LogP contribution in [0.1, 0.15) is 5.56 Å². The largest absolute Gasteiger partial charge is 0.325 e. The fourth-order valence-electron chi connectivity index (χ4n) is 3.03. The van der Waals surface area contributed by atoms with E-state index < -0.39 is 4.92 Å². The zero-order chi connectivity index (χ0) is 22.5. The third kappa shape index (κ3) is 5.40. The highest BCUT2D eigenvalue weighted by molar-refractivity contribution is 8.01. The Morgan fingerprint density at radius 1 is 0.969 bits per heavy atom. The molecule has 32 heavy (non-hydrogen) atoms. The average Bonchev–Trinajstić information content (AvgIpc) is 3.28. The van der Waals surface area contributed by atoms with Crippen LogP contribution in [-0.4, -0.2) is 21.6 Å². The first-order chi connectivity index (χ1) is 15.5. The van der Waals surface area contributed by atoms with Gasteiger partial charge in [0.05, 0.1) is 16.4 Å². The molecule has 6 nitrogen and oxygen atoms in total. The summed E-state index contributed by atoms with van der Waals surface area (Å²) in [4.78, 5) is 27.3. The van der Waals surface area contributed by atoms with Crippen molar-refractivity contribution < 1.29 is 9.72 Å². The molecule has 0 unspecified atom stereocenters. The summed E-state index contributed by atoms with van der Waals surface area (Å²) >= 11 is 2.94. The Kier molecular flexibility index (Phi) is 6.63. The summed E-state index contributed by atoms with van der Waals surface area (Å²) in [6, 6.07) is 22.0. The Bertz CT molecular complexity index is 1230. The van der Waals surface area contributed by atoms with Crippen LogP contribution in [0.5, 0.6) is 0 Å². The van der Waals surface area contributed by atoms with Gasteiger partial charge in [-0.15, -0.1) is 11.3 Å². The lowest BCUT2D eigenvalue weighted by Crippen LogP contribution is -2.13. The first-order valence-electron chi connectivity index (χ1n) is 9.78. The predicted octanol–water partition coefficient (Wildman–Crippen LogP) is 6.42. The molecule has 0 fully saturated rings. The number of thioether (sulfide) groups is 1. The Hall–Kier alpha value is -3.49. The Balaban J connectivity index is 1.31. The number of nitro benzene ring substituents is 1. The maximum Gasteiger partial charge on any atom is 0.269 e. The van der Waals surface area contributed by atoms with Gasteiger partial charge in [0.15, 0.2) is 4.34 Å². The zero-order valence-electron chi connectivity index (χ0n) is 17.1. The maximum atomic E-state index is 12.3. The number of anilines is 1. The van der Waals surface area contributed by atoms with E-state index in [0.717, 1.165) is 26.7 Å². The van der Waals surface area contributed by atoms with Crippen molar-refractivity contribution in [2.75, 3.05) is 11.1 Å². The second-order valence-corrected chi connectivity index (χ2v) is 9.16. The highest BCUT2D eigenvalue weighted by Crippen LogP contribution is 2.29. The summed E-state index contributed by atoms with van der Waals surface area (Å²) in [6.45, 7) is 2.05. The quantitative estimate of drug-likeness (QED) is 0.195. The van der Waals surface area contributed by atoms with E-state index in [1.54, 1.807) is 12.1 Å². The van der Waals surface area contributed by atoms with E-state index in [9.17, 15) is 14.9 Å². The fourth-order valence-corrected chi connectivity index (χ4v) is 4.66. The number of nitro groups is 1. The molecule has 0 aliphatic carbocycles. The number of aryl methyl sites for hydroxylation is 1. The van der Waals surface area contributed by atoms with Crippen molar-refractivity contribution in [1.29, 1.82) is 0 Å². The minimum atomic E-state index is -0.421. The third-order valence-electron chi connectivity index (χ3n) is 4.74. The molecule has 8 heteroatoms. The van der Waals surface area contributed by atoms with E-state index in [4.69, 9.17) is 0 Å². The lowest BCUT2D eigenvalue weighted by Gasteiger charge is -2.06. The number of benzene rings is 3. The van der Waals surface area contributed by atoms with E-state index in [1.807, 2.05) is 48.7 Å². The molecule has 1 aromatic heterocycles. The van der Waals surface area contributed by atoms with Gasteiger partial charge in [-0.3, -0.25) is 14.9 Å². The van der Waals surface area contributed by atoms with Gasteiger partial charge in [-0.25, -0.2) is 4.98 Å². The monoisotopic (exact) mass is 461 g/mol. The van der Waals surface area contributed by atoms with Crippen LogP contribution in [0.15, 0.2) is 82.5 Å². The molecule has 0 aliphatic heterocycles. The Morgan fingerprint density at radius 3 is 2.19 bits per heavy atom. The number of rotatable bonds is 7. The Labute approximate surface area is 193 Å². The number of hydrogen-bond acceptors (Lipinski definition) is 6. The second kappa shape index (κ2) is 9.76. The molecule has 0 atom stereocenters. The molecule has 0 radical (unpaired) electrons. The van der Waals surface area contributed by atoms with Crippen molar-refractivity contribution >= 4 is 40.4 Å². The molecule has 0 bridgehead atoms. The number of thiazole rings is 1. The van der Waals surface area contributed by atoms with Crippen LogP contribution in [0.25, 0.3) is 22.4 Å². The summed E-state index contributed by atoms with van der Waals surface area (Å²) in [5.41, 5.74) is 5.73. The first-order valence-corrected chi connectivity index (χ1v) is 11.6. The van der Waals surface area contributed by atoms with Gasteiger partial charge in [0.25, 0.3) is 5.69 Å². The second-order valence-electron chi connectivity index (χ2n) is 7.08. The SMILES string of the molecule is Cc1ccc(-c2csc(SCC(=O)Nc3ccc(-c4ccc([N+](=O)[O-])cc4)cc3)n2)cc1. The van der Waals surface area contributed by atoms with E-state index in [2.05, 4.69) is 22.4 Å². The van der Waals surface area contributed by atoms with Crippen molar-refractivity contribution in [2.45, 2.75) is 11.3 Å². The number of non-ortho nitro benzene ring substituents is 1. The van der Waals surface area contributed by atoms with Crippen molar-refractivity contribution in [3.8, 4) is 22.4 Å². The van der Waals surface area contributed by atoms with Gasteiger partial charge in [0, 0.05) is 28.8 Å². The van der Waals surface area contributed by atoms with Crippen LogP contribution in [-0.2, 0) is 4.79 Å². The molecule has 1 N–H and O–H groups in total. The normalized spacial score (nSPS) is 10.7. The molecule has 4 aromatic rings. The lowest BCUT2D eigenvalue weighted by molar-refractivity contribution is -0.384. The lowest BCUT2D eigenvalue weighted by atomic mass is 10.1. The van der Waals surface area contributed by atoms with Crippen LogP contribution in [0, 0.1) is 17.0 Å². The molecule has 1 heterocycles. The van der Waals surface area contributed by atoms with Crippen molar-refractivity contribution in [3.63, 3.8) is 0 Å². The minimum Gasteiger partial charge on any atom is -0.325 e. The number of amides is 1. The van der Waals surface area contributed by atoms with E-state index in [0.29, 0.717) is 5.69 Å². The van der Waals surface area contributed by atoms with Gasteiger partial charge in [-0.1, -0.05) is 53.7 Å². The van der Waals surface area contributed by atoms with E-state index in [-0.39, 0.29) is 17.3 Å². The molecule has 4 rings (SSSR count). The fraction of sp³-hybridized carbons (Fsp3) is 0.0833. The first kappa shape index (κ1) is 21.7. The van der Waals surface area contributed by atoms with Gasteiger partial charge >= 0.3 is 0 Å². The van der Waals surface area contributed by atoms with Gasteiger partial charge in [-0.2, -0.15) is 0 Å². The standard InChI is InChI=1S/C24H19N3O3S2/c1-16-2-4-19(5-3-16)22-14-31-24(26-22)32-15-23(28)25-20-10-6-17(7-11-20)18-8-12-21(13-9-18)27(29)30/h2-14H,15H2,1H3,(H,25,28). The molecule has 1 amide bonds. The number of aromatic nitrogens is 1. The zero-order valence-corrected chi connectivity index (χ0v) is 18.8. The summed E-state index contributed by atoms with van der Waals surface area (Å²) in [7, 11) is 0. The molecular weight excluding hydrogens is 442 g/mol. The summed E-state index contributed by atoms with van der Waals surface area (Å²) in [6.07, 6.45) is 0. The topological polar surface area (TPSA) is 85.1 Å². The van der Waals surface area contributed by atoms with Crippen LogP contribution in [0.3, 0.4) is 0 Å². The maximum absolute atomic E-state index is 12.3. The molecule has 0 spiro atoms. The number of carbonyl (C=O) groups is 1. The molecule has 0 saturated heterocycles. The molecular formula is C24H19N3O3S2. The Morgan fingerprint density at radius 2 is 1.56 bits per heavy atom. The number of carbonyl (C=O) groups excluding carboxylic acids is 1. The van der Waals surface area contributed by atoms with Crippen LogP contribution in [0.4, 0.5) is 11.4 Å². The predicted molar refractivity (Wildman–Crippen MR) is 130 cm³/mol. The molecule has 0 aliphatic rings. The molecule has 0 saturated carbocycles. The van der Waals surface area contributed by atoms with Gasteiger partial charge in [0.1, 0.15) is 0 Å².